The molecule has 15 heavy (non-hydrogen) atoms. The molecule has 0 saturated carbocycles. The standard InChI is InChI=1S/C8H16B6O/c1-8(13,14)2-3(9)5(11)7(15)6(12)4(2)10/h15H,9-14H2,1H3. The lowest BCUT2D eigenvalue weighted by Gasteiger charge is -2.28. The van der Waals surface area contributed by atoms with Crippen molar-refractivity contribution < 1.29 is 5.11 Å². The summed E-state index contributed by atoms with van der Waals surface area (Å²) >= 11 is 0. The van der Waals surface area contributed by atoms with Crippen molar-refractivity contribution in [2.45, 2.75) is 12.1 Å². The van der Waals surface area contributed by atoms with E-state index in [1.54, 1.807) is 0 Å². The topological polar surface area (TPSA) is 20.2 Å². The van der Waals surface area contributed by atoms with E-state index >= 15 is 0 Å². The largest absolute Gasteiger partial charge is 0.509 e. The third-order valence-electron chi connectivity index (χ3n) is 3.34. The van der Waals surface area contributed by atoms with Gasteiger partial charge in [0.2, 0.25) is 0 Å². The number of phenolic OH excluding ortho intramolecular Hbond substituents is 1. The van der Waals surface area contributed by atoms with E-state index in [4.69, 9.17) is 0 Å². The first-order valence-electron chi connectivity index (χ1n) is 5.47. The van der Waals surface area contributed by atoms with Crippen LogP contribution >= 0.6 is 0 Å². The van der Waals surface area contributed by atoms with Crippen LogP contribution in [-0.4, -0.2) is 52.2 Å². The van der Waals surface area contributed by atoms with E-state index in [9.17, 15) is 5.11 Å². The summed E-state index contributed by atoms with van der Waals surface area (Å²) in [5.41, 5.74) is 5.85. The quantitative estimate of drug-likeness (QED) is 0.439. The molecule has 0 fully saturated rings. The van der Waals surface area contributed by atoms with Gasteiger partial charge in [-0.2, -0.15) is 0 Å². The second-order valence-corrected chi connectivity index (χ2v) is 5.47. The Morgan fingerprint density at radius 2 is 1.20 bits per heavy atom. The van der Waals surface area contributed by atoms with Crippen LogP contribution in [0.15, 0.2) is 0 Å². The van der Waals surface area contributed by atoms with E-state index in [1.807, 2.05) is 15.7 Å². The van der Waals surface area contributed by atoms with Crippen molar-refractivity contribution >= 4 is 68.9 Å². The number of hydrogen-bond donors (Lipinski definition) is 1. The van der Waals surface area contributed by atoms with Crippen LogP contribution in [0.5, 0.6) is 5.75 Å². The maximum Gasteiger partial charge on any atom is 0.143 e. The summed E-state index contributed by atoms with van der Waals surface area (Å²) < 4.78 is 0. The highest BCUT2D eigenvalue weighted by Crippen LogP contribution is 2.11. The molecule has 1 rings (SSSR count). The van der Waals surface area contributed by atoms with Gasteiger partial charge < -0.3 is 5.11 Å². The normalized spacial score (nSPS) is 11.5. The molecule has 0 aliphatic heterocycles. The van der Waals surface area contributed by atoms with E-state index in [-0.39, 0.29) is 5.21 Å². The molecule has 0 atom stereocenters. The zero-order valence-corrected chi connectivity index (χ0v) is 10.9. The van der Waals surface area contributed by atoms with Crippen molar-refractivity contribution in [2.75, 3.05) is 0 Å². The zero-order valence-electron chi connectivity index (χ0n) is 10.9. The van der Waals surface area contributed by atoms with Crippen molar-refractivity contribution in [1.82, 2.24) is 0 Å². The Bertz CT molecular complexity index is 380. The highest BCUT2D eigenvalue weighted by molar-refractivity contribution is 6.60. The van der Waals surface area contributed by atoms with Gasteiger partial charge in [-0.25, -0.2) is 0 Å². The van der Waals surface area contributed by atoms with E-state index in [2.05, 4.69) is 38.3 Å². The van der Waals surface area contributed by atoms with Crippen LogP contribution in [0.3, 0.4) is 0 Å². The highest BCUT2D eigenvalue weighted by Gasteiger charge is 2.22. The van der Waals surface area contributed by atoms with Crippen LogP contribution < -0.4 is 21.9 Å². The molecule has 0 radical (unpaired) electrons. The molecular formula is C8H16B6O. The smallest absolute Gasteiger partial charge is 0.143 e. The van der Waals surface area contributed by atoms with Gasteiger partial charge in [0.1, 0.15) is 52.8 Å². The fourth-order valence-corrected chi connectivity index (χ4v) is 2.42. The molecule has 1 N–H and O–H groups in total. The average Bonchev–Trinajstić information content (AvgIpc) is 2.09. The Balaban J connectivity index is 3.68. The van der Waals surface area contributed by atoms with Crippen LogP contribution in [0, 0.1) is 0 Å². The summed E-state index contributed by atoms with van der Waals surface area (Å²) in [6.45, 7) is 2.22. The summed E-state index contributed by atoms with van der Waals surface area (Å²) in [6.07, 6.45) is 0. The Hall–Kier alpha value is -0.590. The third kappa shape index (κ3) is 2.02. The lowest BCUT2D eigenvalue weighted by Crippen LogP contribution is -2.49. The van der Waals surface area contributed by atoms with Crippen molar-refractivity contribution in [3.05, 3.63) is 5.56 Å². The number of hydrogen-bond acceptors (Lipinski definition) is 1. The van der Waals surface area contributed by atoms with Crippen LogP contribution in [0.4, 0.5) is 0 Å². The summed E-state index contributed by atoms with van der Waals surface area (Å²) in [7, 11) is 12.6. The Kier molecular flexibility index (Phi) is 3.13. The molecule has 1 aromatic carbocycles. The summed E-state index contributed by atoms with van der Waals surface area (Å²) in [5, 5.41) is 10.1. The maximum atomic E-state index is 9.96. The van der Waals surface area contributed by atoms with Crippen LogP contribution in [0.2, 0.25) is 0 Å². The van der Waals surface area contributed by atoms with Crippen LogP contribution in [0.25, 0.3) is 0 Å². The minimum atomic E-state index is 0.136. The number of benzene rings is 1. The van der Waals surface area contributed by atoms with Gasteiger partial charge >= 0.3 is 0 Å². The van der Waals surface area contributed by atoms with Crippen molar-refractivity contribution in [2.24, 2.45) is 0 Å². The van der Waals surface area contributed by atoms with Gasteiger partial charge in [0, 0.05) is 0 Å². The molecule has 0 unspecified atom stereocenters. The molecule has 7 heteroatoms. The number of aromatic hydroxyl groups is 1. The van der Waals surface area contributed by atoms with Crippen LogP contribution in [0.1, 0.15) is 12.5 Å². The summed E-state index contributed by atoms with van der Waals surface area (Å²) in [4.78, 5) is 0. The van der Waals surface area contributed by atoms with Gasteiger partial charge in [0.15, 0.2) is 0 Å². The molecule has 1 nitrogen and oxygen atoms in total. The first-order valence-corrected chi connectivity index (χ1v) is 5.47. The third-order valence-corrected chi connectivity index (χ3v) is 3.34. The Labute approximate surface area is 97.9 Å². The Morgan fingerprint density at radius 3 is 1.47 bits per heavy atom. The number of rotatable bonds is 1. The minimum Gasteiger partial charge on any atom is -0.509 e. The molecule has 0 spiro atoms. The Morgan fingerprint density at radius 1 is 0.867 bits per heavy atom. The van der Waals surface area contributed by atoms with Gasteiger partial charge in [-0.3, -0.25) is 0 Å². The molecule has 0 aliphatic carbocycles. The van der Waals surface area contributed by atoms with E-state index < -0.39 is 0 Å². The van der Waals surface area contributed by atoms with Gasteiger partial charge in [0.05, 0.1) is 0 Å². The van der Waals surface area contributed by atoms with Crippen LogP contribution in [-0.2, 0) is 5.21 Å². The molecule has 0 saturated heterocycles. The van der Waals surface area contributed by atoms with Crippen molar-refractivity contribution in [3.63, 3.8) is 0 Å². The molecule has 0 heterocycles. The monoisotopic (exact) mass is 194 g/mol. The first kappa shape index (κ1) is 12.5. The average molecular weight is 193 g/mol. The van der Waals surface area contributed by atoms with Gasteiger partial charge in [-0.05, 0) is 0 Å². The number of phenols is 1. The predicted molar refractivity (Wildman–Crippen MR) is 85.3 cm³/mol. The highest BCUT2D eigenvalue weighted by atomic mass is 16.3. The minimum absolute atomic E-state index is 0.136. The molecule has 0 aliphatic rings. The van der Waals surface area contributed by atoms with Crippen molar-refractivity contribution in [1.29, 1.82) is 0 Å². The second kappa shape index (κ2) is 3.77. The molecule has 0 amide bonds. The van der Waals surface area contributed by atoms with E-state index in [0.717, 1.165) is 10.9 Å². The first-order chi connectivity index (χ1) is 6.68. The van der Waals surface area contributed by atoms with Crippen molar-refractivity contribution in [3.8, 4) is 5.75 Å². The van der Waals surface area contributed by atoms with Gasteiger partial charge in [-0.15, -0.1) is 0 Å². The SMILES string of the molecule is Bc1c(B)c(C(B)(B)C)c(B)c(B)c1O. The summed E-state index contributed by atoms with van der Waals surface area (Å²) in [6, 6.07) is 0. The fraction of sp³-hybridized carbons (Fsp3) is 0.250. The van der Waals surface area contributed by atoms with Gasteiger partial charge in [-0.1, -0.05) is 39.6 Å². The molecule has 0 aromatic heterocycles. The summed E-state index contributed by atoms with van der Waals surface area (Å²) in [5.74, 6) is 0.456. The lowest BCUT2D eigenvalue weighted by molar-refractivity contribution is 0.484. The second-order valence-electron chi connectivity index (χ2n) is 5.47. The van der Waals surface area contributed by atoms with E-state index in [1.165, 1.54) is 16.5 Å². The maximum absolute atomic E-state index is 9.96. The van der Waals surface area contributed by atoms with E-state index in [0.29, 0.717) is 5.75 Å². The zero-order chi connectivity index (χ0) is 12.0. The lowest BCUT2D eigenvalue weighted by atomic mass is 9.47. The fourth-order valence-electron chi connectivity index (χ4n) is 2.42. The predicted octanol–water partition coefficient (Wildman–Crippen LogP) is -7.14. The van der Waals surface area contributed by atoms with Gasteiger partial charge in [0.25, 0.3) is 0 Å². The molecule has 1 aromatic rings. The molecular weight excluding hydrogens is 177 g/mol. The molecule has 72 valence electrons. The molecule has 0 bridgehead atoms.